The molecule has 1 aliphatic rings. The van der Waals surface area contributed by atoms with Gasteiger partial charge in [-0.1, -0.05) is 30.3 Å². The molecule has 36 heavy (non-hydrogen) atoms. The lowest BCUT2D eigenvalue weighted by atomic mass is 10.0. The number of hydrogen-bond acceptors (Lipinski definition) is 8. The van der Waals surface area contributed by atoms with Crippen molar-refractivity contribution in [3.05, 3.63) is 82.0 Å². The molecule has 3 N–H and O–H groups in total. The average Bonchev–Trinajstić information content (AvgIpc) is 3.37. The number of rotatable bonds is 8. The van der Waals surface area contributed by atoms with Crippen molar-refractivity contribution in [2.24, 2.45) is 0 Å². The topological polar surface area (TPSA) is 134 Å². The SMILES string of the molecule is COc1ccc(S(=O)(=O)N2Cc3ccsc3C(OC(=O)NCCc3ccccc3)C2C(=O)NO)cc1. The average molecular weight is 532 g/mol. The Kier molecular flexibility index (Phi) is 7.89. The number of carbonyl (C=O) groups is 2. The van der Waals surface area contributed by atoms with Gasteiger partial charge in [-0.3, -0.25) is 10.0 Å². The van der Waals surface area contributed by atoms with Crippen molar-refractivity contribution in [3.63, 3.8) is 0 Å². The molecule has 0 saturated heterocycles. The van der Waals surface area contributed by atoms with E-state index in [9.17, 15) is 23.2 Å². The molecule has 3 aromatic rings. The van der Waals surface area contributed by atoms with Crippen molar-refractivity contribution >= 4 is 33.4 Å². The number of sulfonamides is 1. The van der Waals surface area contributed by atoms with Gasteiger partial charge in [-0.15, -0.1) is 11.3 Å². The lowest BCUT2D eigenvalue weighted by molar-refractivity contribution is -0.137. The Hall–Kier alpha value is -3.45. The molecule has 0 saturated carbocycles. The largest absolute Gasteiger partial charge is 0.497 e. The monoisotopic (exact) mass is 531 g/mol. The van der Waals surface area contributed by atoms with Gasteiger partial charge in [-0.25, -0.2) is 18.7 Å². The first-order valence-electron chi connectivity index (χ1n) is 11.0. The summed E-state index contributed by atoms with van der Waals surface area (Å²) < 4.78 is 38.8. The van der Waals surface area contributed by atoms with Gasteiger partial charge in [-0.2, -0.15) is 4.31 Å². The van der Waals surface area contributed by atoms with E-state index >= 15 is 0 Å². The van der Waals surface area contributed by atoms with Crippen molar-refractivity contribution in [2.45, 2.75) is 30.0 Å². The summed E-state index contributed by atoms with van der Waals surface area (Å²) in [6, 6.07) is 15.4. The van der Waals surface area contributed by atoms with Crippen LogP contribution in [0.2, 0.25) is 0 Å². The van der Waals surface area contributed by atoms with Crippen LogP contribution in [-0.4, -0.2) is 49.6 Å². The maximum absolute atomic E-state index is 13.6. The molecule has 0 aliphatic carbocycles. The number of ether oxygens (including phenoxy) is 2. The van der Waals surface area contributed by atoms with Gasteiger partial charge < -0.3 is 14.8 Å². The molecule has 0 radical (unpaired) electrons. The minimum Gasteiger partial charge on any atom is -0.497 e. The van der Waals surface area contributed by atoms with E-state index in [0.29, 0.717) is 22.6 Å². The molecular formula is C24H25N3O7S2. The first kappa shape index (κ1) is 25.6. The maximum Gasteiger partial charge on any atom is 0.407 e. The summed E-state index contributed by atoms with van der Waals surface area (Å²) >= 11 is 1.24. The summed E-state index contributed by atoms with van der Waals surface area (Å²) in [5.74, 6) is -0.557. The number of hydrogen-bond donors (Lipinski definition) is 3. The molecule has 1 aliphatic heterocycles. The Morgan fingerprint density at radius 2 is 1.83 bits per heavy atom. The summed E-state index contributed by atoms with van der Waals surface area (Å²) in [5, 5.41) is 13.8. The summed E-state index contributed by atoms with van der Waals surface area (Å²) in [5.41, 5.74) is 3.14. The molecule has 190 valence electrons. The van der Waals surface area contributed by atoms with Crippen LogP contribution < -0.4 is 15.5 Å². The van der Waals surface area contributed by atoms with Crippen molar-refractivity contribution in [1.29, 1.82) is 0 Å². The van der Waals surface area contributed by atoms with Crippen molar-refractivity contribution < 1.29 is 32.7 Å². The number of thiophene rings is 1. The second-order valence-corrected chi connectivity index (χ2v) is 10.8. The van der Waals surface area contributed by atoms with Crippen molar-refractivity contribution in [1.82, 2.24) is 15.1 Å². The number of hydroxylamine groups is 1. The van der Waals surface area contributed by atoms with Gasteiger partial charge in [0.2, 0.25) is 10.0 Å². The number of carbonyl (C=O) groups excluding carboxylic acids is 2. The molecule has 4 rings (SSSR count). The predicted molar refractivity (Wildman–Crippen MR) is 131 cm³/mol. The molecule has 0 spiro atoms. The summed E-state index contributed by atoms with van der Waals surface area (Å²) in [7, 11) is -2.78. The zero-order chi connectivity index (χ0) is 25.7. The minimum absolute atomic E-state index is 0.0798. The summed E-state index contributed by atoms with van der Waals surface area (Å²) in [4.78, 5) is 25.9. The first-order valence-corrected chi connectivity index (χ1v) is 13.3. The number of nitrogens with one attached hydrogen (secondary N) is 2. The smallest absolute Gasteiger partial charge is 0.407 e. The van der Waals surface area contributed by atoms with Crippen LogP contribution in [0.25, 0.3) is 0 Å². The van der Waals surface area contributed by atoms with Crippen molar-refractivity contribution in [3.8, 4) is 5.75 Å². The molecular weight excluding hydrogens is 506 g/mol. The van der Waals surface area contributed by atoms with E-state index in [-0.39, 0.29) is 18.0 Å². The van der Waals surface area contributed by atoms with Gasteiger partial charge in [0.1, 0.15) is 11.8 Å². The number of alkyl carbamates (subject to hydrolysis) is 1. The Morgan fingerprint density at radius 3 is 2.50 bits per heavy atom. The predicted octanol–water partition coefficient (Wildman–Crippen LogP) is 2.85. The number of amides is 2. The molecule has 0 fully saturated rings. The second-order valence-electron chi connectivity index (χ2n) is 7.95. The Balaban J connectivity index is 1.60. The highest BCUT2D eigenvalue weighted by atomic mass is 32.2. The van der Waals surface area contributed by atoms with E-state index in [2.05, 4.69) is 5.32 Å². The van der Waals surface area contributed by atoms with Crippen molar-refractivity contribution in [2.75, 3.05) is 13.7 Å². The summed E-state index contributed by atoms with van der Waals surface area (Å²) in [6.45, 7) is 0.137. The Bertz CT molecular complexity index is 1310. The summed E-state index contributed by atoms with van der Waals surface area (Å²) in [6.07, 6.45) is -1.52. The van der Waals surface area contributed by atoms with Gasteiger partial charge in [-0.05, 0) is 53.3 Å². The molecule has 10 nitrogen and oxygen atoms in total. The number of methoxy groups -OCH3 is 1. The fourth-order valence-corrected chi connectivity index (χ4v) is 6.51. The van der Waals surface area contributed by atoms with Crippen LogP contribution >= 0.6 is 11.3 Å². The van der Waals surface area contributed by atoms with Crippen LogP contribution in [0.4, 0.5) is 4.79 Å². The van der Waals surface area contributed by atoms with Crippen LogP contribution in [0.5, 0.6) is 5.75 Å². The lowest BCUT2D eigenvalue weighted by Crippen LogP contribution is -2.54. The molecule has 2 heterocycles. The lowest BCUT2D eigenvalue weighted by Gasteiger charge is -2.38. The molecule has 12 heteroatoms. The maximum atomic E-state index is 13.6. The minimum atomic E-state index is -4.23. The third-order valence-corrected chi connectivity index (χ3v) is 8.63. The van der Waals surface area contributed by atoms with E-state index in [0.717, 1.165) is 9.87 Å². The number of benzene rings is 2. The normalized spacial score (nSPS) is 17.6. The van der Waals surface area contributed by atoms with Gasteiger partial charge in [0.15, 0.2) is 6.10 Å². The van der Waals surface area contributed by atoms with Crippen LogP contribution in [-0.2, 0) is 32.5 Å². The third kappa shape index (κ3) is 5.36. The zero-order valence-corrected chi connectivity index (χ0v) is 20.9. The van der Waals surface area contributed by atoms with Crippen LogP contribution in [0.3, 0.4) is 0 Å². The van der Waals surface area contributed by atoms with Crippen LogP contribution in [0.1, 0.15) is 22.1 Å². The molecule has 2 amide bonds. The molecule has 1 aromatic heterocycles. The van der Waals surface area contributed by atoms with Gasteiger partial charge in [0, 0.05) is 13.1 Å². The highest BCUT2D eigenvalue weighted by molar-refractivity contribution is 7.89. The van der Waals surface area contributed by atoms with E-state index < -0.39 is 34.2 Å². The van der Waals surface area contributed by atoms with Gasteiger partial charge in [0.05, 0.1) is 16.9 Å². The Labute approximate surface area is 212 Å². The quantitative estimate of drug-likeness (QED) is 0.301. The number of nitrogens with zero attached hydrogens (tertiary/aromatic N) is 1. The highest BCUT2D eigenvalue weighted by Crippen LogP contribution is 2.40. The second kappa shape index (κ2) is 11.1. The van der Waals surface area contributed by atoms with Crippen LogP contribution in [0, 0.1) is 0 Å². The first-order chi connectivity index (χ1) is 17.3. The fraction of sp³-hybridized carbons (Fsp3) is 0.250. The van der Waals surface area contributed by atoms with E-state index in [1.807, 2.05) is 30.3 Å². The molecule has 0 bridgehead atoms. The highest BCUT2D eigenvalue weighted by Gasteiger charge is 2.48. The van der Waals surface area contributed by atoms with E-state index in [4.69, 9.17) is 9.47 Å². The standard InChI is InChI=1S/C24H25N3O7S2/c1-33-18-7-9-19(10-8-18)36(31,32)27-15-17-12-14-35-22(17)21(20(27)23(28)26-30)34-24(29)25-13-11-16-5-3-2-4-6-16/h2-10,12,14,20-21,30H,11,13,15H2,1H3,(H,25,29)(H,26,28). The Morgan fingerprint density at radius 1 is 1.11 bits per heavy atom. The van der Waals surface area contributed by atoms with Gasteiger partial charge >= 0.3 is 6.09 Å². The molecule has 2 atom stereocenters. The van der Waals surface area contributed by atoms with E-state index in [1.165, 1.54) is 48.2 Å². The third-order valence-electron chi connectivity index (χ3n) is 5.77. The fourth-order valence-electron chi connectivity index (χ4n) is 3.97. The van der Waals surface area contributed by atoms with E-state index in [1.54, 1.807) is 11.4 Å². The van der Waals surface area contributed by atoms with Crippen LogP contribution in [0.15, 0.2) is 70.9 Å². The zero-order valence-electron chi connectivity index (χ0n) is 19.3. The van der Waals surface area contributed by atoms with Gasteiger partial charge in [0.25, 0.3) is 5.91 Å². The molecule has 2 unspecified atom stereocenters. The molecule has 2 aromatic carbocycles. The number of fused-ring (bicyclic) bond motifs is 1.